The molecule has 2 N–H and O–H groups in total. The second kappa shape index (κ2) is 9.58. The van der Waals surface area contributed by atoms with Crippen LogP contribution in [-0.4, -0.2) is 61.2 Å². The van der Waals surface area contributed by atoms with Gasteiger partial charge in [0.1, 0.15) is 24.0 Å². The van der Waals surface area contributed by atoms with E-state index >= 15 is 0 Å². The lowest BCUT2D eigenvalue weighted by molar-refractivity contribution is 0.0638. The highest BCUT2D eigenvalue weighted by Gasteiger charge is 2.19. The molecule has 1 atom stereocenters. The van der Waals surface area contributed by atoms with Crippen molar-refractivity contribution in [2.75, 3.05) is 25.0 Å². The molecule has 34 heavy (non-hydrogen) atoms. The first kappa shape index (κ1) is 22.0. The van der Waals surface area contributed by atoms with E-state index in [1.165, 1.54) is 11.1 Å². The Hall–Kier alpha value is -3.82. The van der Waals surface area contributed by atoms with Crippen LogP contribution in [0.1, 0.15) is 21.7 Å². The van der Waals surface area contributed by atoms with E-state index in [1.807, 2.05) is 7.05 Å². The molecule has 9 heteroatoms. The van der Waals surface area contributed by atoms with Gasteiger partial charge in [-0.3, -0.25) is 9.69 Å². The number of hydrogen-bond acceptors (Lipinski definition) is 7. The lowest BCUT2D eigenvalue weighted by Gasteiger charge is -2.30. The van der Waals surface area contributed by atoms with Crippen molar-refractivity contribution in [2.24, 2.45) is 7.05 Å². The molecule has 174 valence electrons. The fraction of sp³-hybridized carbons (Fsp3) is 0.280. The van der Waals surface area contributed by atoms with Gasteiger partial charge in [-0.1, -0.05) is 30.3 Å². The number of carbonyl (C=O) groups excluding carboxylic acids is 1. The quantitative estimate of drug-likeness (QED) is 0.438. The van der Waals surface area contributed by atoms with Crippen LogP contribution in [0.3, 0.4) is 0 Å². The molecule has 0 fully saturated rings. The van der Waals surface area contributed by atoms with Gasteiger partial charge >= 0.3 is 0 Å². The summed E-state index contributed by atoms with van der Waals surface area (Å²) in [6.45, 7) is 2.45. The Kier molecular flexibility index (Phi) is 6.20. The molecule has 5 rings (SSSR count). The number of rotatable bonds is 7. The zero-order valence-corrected chi connectivity index (χ0v) is 18.9. The number of hydrogen-bond donors (Lipinski definition) is 2. The summed E-state index contributed by atoms with van der Waals surface area (Å²) in [7, 11) is 1.84. The minimum atomic E-state index is -0.623. The molecule has 0 saturated heterocycles. The molecule has 2 aromatic heterocycles. The van der Waals surface area contributed by atoms with Crippen molar-refractivity contribution < 1.29 is 14.6 Å². The molecule has 4 aromatic rings. The van der Waals surface area contributed by atoms with Gasteiger partial charge in [0.25, 0.3) is 5.91 Å². The number of aromatic nitrogens is 4. The molecule has 3 heterocycles. The number of β-amino-alcohol motifs (C(OH)–C–C–N with tert-alkyl or cyclic N) is 1. The van der Waals surface area contributed by atoms with Crippen LogP contribution in [0.15, 0.2) is 61.1 Å². The Labute approximate surface area is 197 Å². The van der Waals surface area contributed by atoms with Crippen LogP contribution in [0.4, 0.5) is 5.69 Å². The molecule has 0 radical (unpaired) electrons. The molecule has 1 aliphatic heterocycles. The summed E-state index contributed by atoms with van der Waals surface area (Å²) in [5, 5.41) is 13.3. The third-order valence-electron chi connectivity index (χ3n) is 5.90. The number of fused-ring (bicyclic) bond motifs is 2. The number of anilines is 1. The van der Waals surface area contributed by atoms with Gasteiger partial charge in [-0.2, -0.15) is 0 Å². The van der Waals surface area contributed by atoms with Crippen LogP contribution >= 0.6 is 0 Å². The van der Waals surface area contributed by atoms with Crippen LogP contribution in [0.5, 0.6) is 5.75 Å². The molecule has 1 amide bonds. The van der Waals surface area contributed by atoms with E-state index in [9.17, 15) is 9.90 Å². The Morgan fingerprint density at radius 2 is 2.03 bits per heavy atom. The van der Waals surface area contributed by atoms with Crippen molar-refractivity contribution >= 4 is 22.8 Å². The van der Waals surface area contributed by atoms with Gasteiger partial charge in [0, 0.05) is 38.4 Å². The van der Waals surface area contributed by atoms with E-state index in [0.717, 1.165) is 25.0 Å². The van der Waals surface area contributed by atoms with Crippen LogP contribution in [0.25, 0.3) is 11.2 Å². The third kappa shape index (κ3) is 4.90. The number of carbonyl (C=O) groups is 1. The Morgan fingerprint density at radius 1 is 1.18 bits per heavy atom. The largest absolute Gasteiger partial charge is 0.491 e. The summed E-state index contributed by atoms with van der Waals surface area (Å²) in [5.74, 6) is 0.160. The highest BCUT2D eigenvalue weighted by molar-refractivity contribution is 6.02. The maximum absolute atomic E-state index is 12.6. The predicted octanol–water partition coefficient (Wildman–Crippen LogP) is 2.41. The number of aryl methyl sites for hydroxylation is 1. The highest BCUT2D eigenvalue weighted by Crippen LogP contribution is 2.20. The minimum Gasteiger partial charge on any atom is -0.491 e. The van der Waals surface area contributed by atoms with Crippen molar-refractivity contribution in [3.05, 3.63) is 78.0 Å². The first-order valence-corrected chi connectivity index (χ1v) is 11.2. The van der Waals surface area contributed by atoms with Gasteiger partial charge in [0.05, 0.1) is 12.5 Å². The first-order chi connectivity index (χ1) is 16.5. The van der Waals surface area contributed by atoms with Crippen molar-refractivity contribution in [1.29, 1.82) is 0 Å². The Balaban J connectivity index is 1.15. The fourth-order valence-corrected chi connectivity index (χ4v) is 4.13. The van der Waals surface area contributed by atoms with E-state index in [-0.39, 0.29) is 12.4 Å². The molecule has 1 aliphatic rings. The second-order valence-corrected chi connectivity index (χ2v) is 8.46. The van der Waals surface area contributed by atoms with Gasteiger partial charge in [-0.25, -0.2) is 15.0 Å². The highest BCUT2D eigenvalue weighted by atomic mass is 16.5. The van der Waals surface area contributed by atoms with Crippen molar-refractivity contribution in [2.45, 2.75) is 19.1 Å². The standard InChI is InChI=1S/C25H26N6O3/c1-30-16-27-23-22(30)12-26-24(29-23)25(33)28-19-7-4-8-21(11-19)34-15-20(32)14-31-10-9-17-5-2-3-6-18(17)13-31/h2-8,11-12,16,20,32H,9-10,13-15H2,1H3,(H,28,33). The number of nitrogens with zero attached hydrogens (tertiary/aromatic N) is 5. The number of aliphatic hydroxyl groups is 1. The van der Waals surface area contributed by atoms with E-state index < -0.39 is 12.0 Å². The SMILES string of the molecule is Cn1cnc2nc(C(=O)Nc3cccc(OCC(O)CN4CCc5ccccc5C4)c3)ncc21. The summed E-state index contributed by atoms with van der Waals surface area (Å²) in [5.41, 5.74) is 4.46. The normalized spacial score (nSPS) is 14.5. The molecular formula is C25H26N6O3. The van der Waals surface area contributed by atoms with Crippen molar-refractivity contribution in [3.63, 3.8) is 0 Å². The summed E-state index contributed by atoms with van der Waals surface area (Å²) in [6.07, 6.45) is 3.57. The lowest BCUT2D eigenvalue weighted by Crippen LogP contribution is -2.38. The molecule has 0 bridgehead atoms. The topological polar surface area (TPSA) is 105 Å². The zero-order chi connectivity index (χ0) is 23.5. The van der Waals surface area contributed by atoms with Gasteiger partial charge < -0.3 is 19.7 Å². The van der Waals surface area contributed by atoms with Crippen LogP contribution < -0.4 is 10.1 Å². The van der Waals surface area contributed by atoms with Gasteiger partial charge in [-0.05, 0) is 29.7 Å². The fourth-order valence-electron chi connectivity index (χ4n) is 4.13. The Bertz CT molecular complexity index is 1320. The minimum absolute atomic E-state index is 0.0380. The summed E-state index contributed by atoms with van der Waals surface area (Å²) < 4.78 is 7.58. The van der Waals surface area contributed by atoms with Crippen molar-refractivity contribution in [3.8, 4) is 5.75 Å². The van der Waals surface area contributed by atoms with E-state index in [2.05, 4.69) is 49.4 Å². The number of benzene rings is 2. The maximum Gasteiger partial charge on any atom is 0.293 e. The second-order valence-electron chi connectivity index (χ2n) is 8.46. The van der Waals surface area contributed by atoms with Crippen LogP contribution in [-0.2, 0) is 20.0 Å². The number of nitrogens with one attached hydrogen (secondary N) is 1. The predicted molar refractivity (Wildman–Crippen MR) is 128 cm³/mol. The average molecular weight is 459 g/mol. The smallest absolute Gasteiger partial charge is 0.293 e. The van der Waals surface area contributed by atoms with Crippen molar-refractivity contribution in [1.82, 2.24) is 24.4 Å². The van der Waals surface area contributed by atoms with E-state index in [0.29, 0.717) is 23.6 Å². The molecule has 0 saturated carbocycles. The Morgan fingerprint density at radius 3 is 2.91 bits per heavy atom. The molecule has 0 spiro atoms. The summed E-state index contributed by atoms with van der Waals surface area (Å²) in [6, 6.07) is 15.5. The summed E-state index contributed by atoms with van der Waals surface area (Å²) >= 11 is 0. The lowest BCUT2D eigenvalue weighted by atomic mass is 10.00. The number of aliphatic hydroxyl groups excluding tert-OH is 1. The number of amides is 1. The van der Waals surface area contributed by atoms with E-state index in [4.69, 9.17) is 4.74 Å². The monoisotopic (exact) mass is 458 g/mol. The molecule has 0 aliphatic carbocycles. The maximum atomic E-state index is 12.6. The molecular weight excluding hydrogens is 432 g/mol. The average Bonchev–Trinajstić information content (AvgIpc) is 3.23. The van der Waals surface area contributed by atoms with Crippen LogP contribution in [0, 0.1) is 0 Å². The van der Waals surface area contributed by atoms with Gasteiger partial charge in [-0.15, -0.1) is 0 Å². The molecule has 1 unspecified atom stereocenters. The third-order valence-corrected chi connectivity index (χ3v) is 5.90. The zero-order valence-electron chi connectivity index (χ0n) is 18.9. The van der Waals surface area contributed by atoms with E-state index in [1.54, 1.807) is 41.4 Å². The number of imidazole rings is 1. The number of ether oxygens (including phenoxy) is 1. The van der Waals surface area contributed by atoms with Crippen LogP contribution in [0.2, 0.25) is 0 Å². The summed E-state index contributed by atoms with van der Waals surface area (Å²) in [4.78, 5) is 27.4. The van der Waals surface area contributed by atoms with Gasteiger partial charge in [0.2, 0.25) is 5.82 Å². The molecule has 2 aromatic carbocycles. The van der Waals surface area contributed by atoms with Gasteiger partial charge in [0.15, 0.2) is 5.65 Å². The first-order valence-electron chi connectivity index (χ1n) is 11.2. The molecule has 9 nitrogen and oxygen atoms in total.